The third-order valence-corrected chi connectivity index (χ3v) is 5.72. The lowest BCUT2D eigenvalue weighted by molar-refractivity contribution is -0.140. The molecule has 2 aromatic carbocycles. The quantitative estimate of drug-likeness (QED) is 0.732. The number of benzene rings is 2. The Morgan fingerprint density at radius 2 is 1.71 bits per heavy atom. The second kappa shape index (κ2) is 8.79. The molecule has 1 fully saturated rings. The number of amides is 1. The highest BCUT2D eigenvalue weighted by molar-refractivity contribution is 5.97. The van der Waals surface area contributed by atoms with Gasteiger partial charge in [0.1, 0.15) is 5.60 Å². The number of carbonyl (C=O) groups is 1. The van der Waals surface area contributed by atoms with Crippen LogP contribution in [-0.2, 0) is 17.4 Å². The van der Waals surface area contributed by atoms with Crippen LogP contribution >= 0.6 is 0 Å². The van der Waals surface area contributed by atoms with Crippen LogP contribution in [0.5, 0.6) is 0 Å². The van der Waals surface area contributed by atoms with E-state index in [1.54, 1.807) is 24.3 Å². The third-order valence-electron chi connectivity index (χ3n) is 5.72. The van der Waals surface area contributed by atoms with E-state index in [1.807, 2.05) is 6.07 Å². The van der Waals surface area contributed by atoms with Crippen molar-refractivity contribution >= 4 is 11.6 Å². The molecule has 8 heteroatoms. The van der Waals surface area contributed by atoms with Crippen molar-refractivity contribution in [3.8, 4) is 12.1 Å². The van der Waals surface area contributed by atoms with Crippen molar-refractivity contribution in [2.45, 2.75) is 43.9 Å². The van der Waals surface area contributed by atoms with Crippen LogP contribution in [0.3, 0.4) is 0 Å². The lowest BCUT2D eigenvalue weighted by Gasteiger charge is -2.33. The van der Waals surface area contributed by atoms with Crippen LogP contribution in [0.1, 0.15) is 47.9 Å². The third kappa shape index (κ3) is 4.70. The minimum absolute atomic E-state index is 0.129. The summed E-state index contributed by atoms with van der Waals surface area (Å²) >= 11 is 0. The van der Waals surface area contributed by atoms with Gasteiger partial charge in [0.2, 0.25) is 0 Å². The van der Waals surface area contributed by atoms with E-state index in [0.29, 0.717) is 30.0 Å². The van der Waals surface area contributed by atoms with Crippen molar-refractivity contribution in [3.63, 3.8) is 0 Å². The molecule has 0 radical (unpaired) electrons. The van der Waals surface area contributed by atoms with Gasteiger partial charge in [-0.05, 0) is 48.6 Å². The largest absolute Gasteiger partial charge is 0.417 e. The fourth-order valence-corrected chi connectivity index (χ4v) is 4.08. The normalized spacial score (nSPS) is 16.2. The van der Waals surface area contributed by atoms with Gasteiger partial charge in [-0.2, -0.15) is 23.7 Å². The molecule has 1 atom stereocenters. The number of halogens is 3. The summed E-state index contributed by atoms with van der Waals surface area (Å²) in [7, 11) is 0. The minimum atomic E-state index is -4.76. The molecule has 160 valence electrons. The molecule has 1 unspecified atom stereocenters. The van der Waals surface area contributed by atoms with Crippen molar-refractivity contribution in [2.75, 3.05) is 5.32 Å². The summed E-state index contributed by atoms with van der Waals surface area (Å²) in [6.07, 6.45) is -2.04. The highest BCUT2D eigenvalue weighted by Crippen LogP contribution is 2.38. The number of alkyl halides is 3. The molecule has 1 aliphatic rings. The number of anilines is 1. The number of aliphatic hydroxyl groups is 1. The predicted octanol–water partition coefficient (Wildman–Crippen LogP) is 4.55. The fraction of sp³-hybridized carbons (Fsp3) is 0.348. The Bertz CT molecular complexity index is 1060. The van der Waals surface area contributed by atoms with E-state index < -0.39 is 28.8 Å². The average molecular weight is 427 g/mol. The number of carbonyl (C=O) groups excluding carboxylic acids is 1. The summed E-state index contributed by atoms with van der Waals surface area (Å²) < 4.78 is 39.8. The predicted molar refractivity (Wildman–Crippen MR) is 107 cm³/mol. The molecule has 3 rings (SSSR count). The molecular formula is C23H20F3N3O2. The zero-order valence-electron chi connectivity index (χ0n) is 16.5. The van der Waals surface area contributed by atoms with Gasteiger partial charge < -0.3 is 10.4 Å². The Morgan fingerprint density at radius 3 is 2.32 bits per heavy atom. The van der Waals surface area contributed by atoms with E-state index in [9.17, 15) is 28.3 Å². The number of nitrogens with one attached hydrogen (secondary N) is 1. The maximum atomic E-state index is 13.3. The molecule has 1 saturated carbocycles. The monoisotopic (exact) mass is 427 g/mol. The van der Waals surface area contributed by atoms with Gasteiger partial charge in [-0.25, -0.2) is 0 Å². The van der Waals surface area contributed by atoms with Gasteiger partial charge in [0.15, 0.2) is 0 Å². The zero-order valence-corrected chi connectivity index (χ0v) is 16.5. The van der Waals surface area contributed by atoms with E-state index in [0.717, 1.165) is 18.9 Å². The minimum Gasteiger partial charge on any atom is -0.379 e. The summed E-state index contributed by atoms with van der Waals surface area (Å²) in [6, 6.07) is 13.0. The number of rotatable bonds is 5. The van der Waals surface area contributed by atoms with Crippen molar-refractivity contribution in [1.29, 1.82) is 10.5 Å². The van der Waals surface area contributed by atoms with Gasteiger partial charge in [0, 0.05) is 12.1 Å². The fourth-order valence-electron chi connectivity index (χ4n) is 4.08. The Labute approximate surface area is 177 Å². The Balaban J connectivity index is 1.95. The van der Waals surface area contributed by atoms with Crippen LogP contribution < -0.4 is 5.32 Å². The molecule has 0 aromatic heterocycles. The summed E-state index contributed by atoms with van der Waals surface area (Å²) in [5.74, 6) is -1.22. The van der Waals surface area contributed by atoms with E-state index >= 15 is 0 Å². The first kappa shape index (κ1) is 22.3. The molecule has 0 aliphatic heterocycles. The van der Waals surface area contributed by atoms with Gasteiger partial charge in [-0.1, -0.05) is 31.0 Å². The van der Waals surface area contributed by atoms with Gasteiger partial charge >= 0.3 is 6.18 Å². The van der Waals surface area contributed by atoms with Crippen molar-refractivity contribution in [1.82, 2.24) is 0 Å². The Morgan fingerprint density at radius 1 is 1.06 bits per heavy atom. The molecule has 1 amide bonds. The van der Waals surface area contributed by atoms with E-state index in [-0.39, 0.29) is 18.0 Å². The second-order valence-corrected chi connectivity index (χ2v) is 7.68. The summed E-state index contributed by atoms with van der Waals surface area (Å²) in [6.45, 7) is 0. The van der Waals surface area contributed by atoms with Crippen molar-refractivity contribution in [2.24, 2.45) is 5.92 Å². The molecule has 5 nitrogen and oxygen atoms in total. The van der Waals surface area contributed by atoms with Gasteiger partial charge in [-0.3, -0.25) is 4.79 Å². The second-order valence-electron chi connectivity index (χ2n) is 7.68. The molecule has 2 N–H and O–H groups in total. The van der Waals surface area contributed by atoms with Crippen LogP contribution in [0.25, 0.3) is 0 Å². The Hall–Kier alpha value is -3.36. The SMILES string of the molecule is N#Cc1ccccc1CC(O)(C(=O)Nc1ccc(C#N)c(C(F)(F)F)c1)C1CCCC1. The smallest absolute Gasteiger partial charge is 0.379 e. The first-order chi connectivity index (χ1) is 14.7. The highest BCUT2D eigenvalue weighted by Gasteiger charge is 2.45. The molecule has 0 heterocycles. The van der Waals surface area contributed by atoms with Crippen LogP contribution in [0.4, 0.5) is 18.9 Å². The molecule has 1 aliphatic carbocycles. The van der Waals surface area contributed by atoms with Crippen LogP contribution in [0.2, 0.25) is 0 Å². The summed E-state index contributed by atoms with van der Waals surface area (Å²) in [5, 5.41) is 32.1. The first-order valence-corrected chi connectivity index (χ1v) is 9.82. The summed E-state index contributed by atoms with van der Waals surface area (Å²) in [4.78, 5) is 13.2. The lowest BCUT2D eigenvalue weighted by atomic mass is 9.79. The van der Waals surface area contributed by atoms with Crippen LogP contribution in [-0.4, -0.2) is 16.6 Å². The van der Waals surface area contributed by atoms with Crippen molar-refractivity contribution < 1.29 is 23.1 Å². The van der Waals surface area contributed by atoms with E-state index in [4.69, 9.17) is 5.26 Å². The molecule has 0 spiro atoms. The molecule has 0 bridgehead atoms. The maximum Gasteiger partial charge on any atom is 0.417 e. The van der Waals surface area contributed by atoms with E-state index in [1.165, 1.54) is 12.1 Å². The first-order valence-electron chi connectivity index (χ1n) is 9.82. The van der Waals surface area contributed by atoms with Gasteiger partial charge in [-0.15, -0.1) is 0 Å². The number of hydrogen-bond acceptors (Lipinski definition) is 4. The molecule has 0 saturated heterocycles. The molecule has 31 heavy (non-hydrogen) atoms. The van der Waals surface area contributed by atoms with Crippen LogP contribution in [0, 0.1) is 28.6 Å². The molecule has 2 aromatic rings. The van der Waals surface area contributed by atoms with Gasteiger partial charge in [0.05, 0.1) is 28.8 Å². The van der Waals surface area contributed by atoms with Gasteiger partial charge in [0.25, 0.3) is 5.91 Å². The average Bonchev–Trinajstić information content (AvgIpc) is 3.29. The van der Waals surface area contributed by atoms with Crippen LogP contribution in [0.15, 0.2) is 42.5 Å². The summed E-state index contributed by atoms with van der Waals surface area (Å²) in [5.41, 5.74) is -2.96. The number of nitriles is 2. The Kier molecular flexibility index (Phi) is 6.33. The standard InChI is InChI=1S/C23H20F3N3O2/c24-23(25,26)20-11-19(10-9-17(20)14-28)29-21(30)22(31,18-7-3-4-8-18)12-15-5-1-2-6-16(15)13-27/h1-2,5-6,9-11,18,31H,3-4,7-8,12H2,(H,29,30). The molecular weight excluding hydrogens is 407 g/mol. The number of hydrogen-bond donors (Lipinski definition) is 2. The topological polar surface area (TPSA) is 96.9 Å². The number of nitrogens with zero attached hydrogens (tertiary/aromatic N) is 2. The highest BCUT2D eigenvalue weighted by atomic mass is 19.4. The maximum absolute atomic E-state index is 13.3. The zero-order chi connectivity index (χ0) is 22.6. The lowest BCUT2D eigenvalue weighted by Crippen LogP contribution is -2.50. The van der Waals surface area contributed by atoms with E-state index in [2.05, 4.69) is 5.32 Å². The van der Waals surface area contributed by atoms with Crippen molar-refractivity contribution in [3.05, 3.63) is 64.7 Å².